The highest BCUT2D eigenvalue weighted by Gasteiger charge is 2.17. The molecular weight excluding hydrogens is 346 g/mol. The fraction of sp³-hybridized carbons (Fsp3) is 0.263. The van der Waals surface area contributed by atoms with Crippen molar-refractivity contribution in [3.05, 3.63) is 59.2 Å². The summed E-state index contributed by atoms with van der Waals surface area (Å²) < 4.78 is 3.33. The fourth-order valence-corrected chi connectivity index (χ4v) is 2.96. The van der Waals surface area contributed by atoms with Gasteiger partial charge in [0.05, 0.1) is 29.3 Å². The van der Waals surface area contributed by atoms with Gasteiger partial charge in [0.25, 0.3) is 5.91 Å². The highest BCUT2D eigenvalue weighted by molar-refractivity contribution is 6.05. The lowest BCUT2D eigenvalue weighted by molar-refractivity contribution is 0.0696. The summed E-state index contributed by atoms with van der Waals surface area (Å²) >= 11 is 0. The predicted octanol–water partition coefficient (Wildman–Crippen LogP) is 3.22. The standard InChI is InChI=1S/C19H21N5O3/c1-11(2)23-12(3)16(9-20-23)18(25)22-14-6-5-7-15(8-14)24-13(4)17(10-21-24)19(26)27/h5-11H,1-4H3,(H,22,25)(H,26,27). The van der Waals surface area contributed by atoms with Crippen molar-refractivity contribution in [1.82, 2.24) is 19.6 Å². The predicted molar refractivity (Wildman–Crippen MR) is 101 cm³/mol. The summed E-state index contributed by atoms with van der Waals surface area (Å²) in [6.45, 7) is 7.55. The molecule has 140 valence electrons. The number of nitrogens with zero attached hydrogens (tertiary/aromatic N) is 4. The second-order valence-corrected chi connectivity index (χ2v) is 6.55. The van der Waals surface area contributed by atoms with Crippen molar-refractivity contribution in [1.29, 1.82) is 0 Å². The summed E-state index contributed by atoms with van der Waals surface area (Å²) in [7, 11) is 0. The van der Waals surface area contributed by atoms with Gasteiger partial charge in [-0.15, -0.1) is 0 Å². The topological polar surface area (TPSA) is 102 Å². The summed E-state index contributed by atoms with van der Waals surface area (Å²) in [5.41, 5.74) is 3.21. The highest BCUT2D eigenvalue weighted by atomic mass is 16.4. The number of benzene rings is 1. The molecule has 0 saturated carbocycles. The van der Waals surface area contributed by atoms with Crippen molar-refractivity contribution >= 4 is 17.6 Å². The molecule has 0 aliphatic carbocycles. The zero-order valence-electron chi connectivity index (χ0n) is 15.6. The van der Waals surface area contributed by atoms with Crippen molar-refractivity contribution in [3.8, 4) is 5.69 Å². The maximum absolute atomic E-state index is 12.6. The summed E-state index contributed by atoms with van der Waals surface area (Å²) in [5.74, 6) is -1.28. The maximum atomic E-state index is 12.6. The molecule has 0 aliphatic heterocycles. The van der Waals surface area contributed by atoms with E-state index in [-0.39, 0.29) is 17.5 Å². The molecular formula is C19H21N5O3. The molecule has 2 aromatic heterocycles. The van der Waals surface area contributed by atoms with Gasteiger partial charge in [0.1, 0.15) is 5.56 Å². The Balaban J connectivity index is 1.86. The second-order valence-electron chi connectivity index (χ2n) is 6.55. The van der Waals surface area contributed by atoms with E-state index in [4.69, 9.17) is 0 Å². The number of carbonyl (C=O) groups excluding carboxylic acids is 1. The van der Waals surface area contributed by atoms with Gasteiger partial charge in [0.2, 0.25) is 0 Å². The second kappa shape index (κ2) is 7.06. The number of carboxylic acid groups (broad SMARTS) is 1. The van der Waals surface area contributed by atoms with E-state index in [2.05, 4.69) is 15.5 Å². The summed E-state index contributed by atoms with van der Waals surface area (Å²) in [4.78, 5) is 23.8. The maximum Gasteiger partial charge on any atom is 0.339 e. The van der Waals surface area contributed by atoms with Crippen LogP contribution in [0.1, 0.15) is 52.0 Å². The van der Waals surface area contributed by atoms with E-state index in [1.165, 1.54) is 10.9 Å². The summed E-state index contributed by atoms with van der Waals surface area (Å²) in [6.07, 6.45) is 2.87. The van der Waals surface area contributed by atoms with Gasteiger partial charge in [-0.3, -0.25) is 9.48 Å². The van der Waals surface area contributed by atoms with Crippen LogP contribution in [0, 0.1) is 13.8 Å². The molecule has 0 spiro atoms. The number of aromatic carboxylic acids is 1. The highest BCUT2D eigenvalue weighted by Crippen LogP contribution is 2.20. The summed E-state index contributed by atoms with van der Waals surface area (Å²) in [6, 6.07) is 7.24. The van der Waals surface area contributed by atoms with Crippen molar-refractivity contribution in [2.24, 2.45) is 0 Å². The number of anilines is 1. The Morgan fingerprint density at radius 1 is 1.07 bits per heavy atom. The molecule has 27 heavy (non-hydrogen) atoms. The third-order valence-corrected chi connectivity index (χ3v) is 4.37. The molecule has 0 fully saturated rings. The lowest BCUT2D eigenvalue weighted by Crippen LogP contribution is -2.14. The van der Waals surface area contributed by atoms with E-state index in [9.17, 15) is 14.7 Å². The van der Waals surface area contributed by atoms with E-state index in [1.807, 2.05) is 20.8 Å². The van der Waals surface area contributed by atoms with Crippen LogP contribution < -0.4 is 5.32 Å². The summed E-state index contributed by atoms with van der Waals surface area (Å²) in [5, 5.41) is 20.4. The van der Waals surface area contributed by atoms with Crippen LogP contribution in [0.2, 0.25) is 0 Å². The molecule has 0 bridgehead atoms. The molecule has 0 saturated heterocycles. The number of amides is 1. The Bertz CT molecular complexity index is 1020. The van der Waals surface area contributed by atoms with Crippen molar-refractivity contribution < 1.29 is 14.7 Å². The van der Waals surface area contributed by atoms with Crippen LogP contribution in [0.15, 0.2) is 36.7 Å². The minimum absolute atomic E-state index is 0.140. The molecule has 8 nitrogen and oxygen atoms in total. The van der Waals surface area contributed by atoms with Gasteiger partial charge in [-0.1, -0.05) is 6.07 Å². The average molecular weight is 367 g/mol. The molecule has 0 radical (unpaired) electrons. The number of hydrogen-bond acceptors (Lipinski definition) is 4. The van der Waals surface area contributed by atoms with Gasteiger partial charge in [0.15, 0.2) is 0 Å². The van der Waals surface area contributed by atoms with Crippen LogP contribution in [-0.4, -0.2) is 36.5 Å². The smallest absolute Gasteiger partial charge is 0.339 e. The zero-order chi connectivity index (χ0) is 19.7. The molecule has 8 heteroatoms. The van der Waals surface area contributed by atoms with E-state index in [1.54, 1.807) is 42.1 Å². The SMILES string of the molecule is Cc1c(C(=O)O)cnn1-c1cccc(NC(=O)c2cnn(C(C)C)c2C)c1. The first-order chi connectivity index (χ1) is 12.8. The average Bonchev–Trinajstić information content (AvgIpc) is 3.18. The molecule has 0 atom stereocenters. The van der Waals surface area contributed by atoms with Crippen LogP contribution in [0.25, 0.3) is 5.69 Å². The molecule has 2 N–H and O–H groups in total. The van der Waals surface area contributed by atoms with Gasteiger partial charge in [0, 0.05) is 17.4 Å². The minimum atomic E-state index is -1.03. The Morgan fingerprint density at radius 2 is 1.78 bits per heavy atom. The number of hydrogen-bond donors (Lipinski definition) is 2. The number of nitrogens with one attached hydrogen (secondary N) is 1. The van der Waals surface area contributed by atoms with Gasteiger partial charge in [-0.2, -0.15) is 10.2 Å². The van der Waals surface area contributed by atoms with E-state index < -0.39 is 5.97 Å². The Kier molecular flexibility index (Phi) is 4.81. The quantitative estimate of drug-likeness (QED) is 0.721. The number of carboxylic acids is 1. The van der Waals surface area contributed by atoms with Crippen LogP contribution in [0.5, 0.6) is 0 Å². The van der Waals surface area contributed by atoms with Gasteiger partial charge in [-0.25, -0.2) is 9.48 Å². The lowest BCUT2D eigenvalue weighted by atomic mass is 10.2. The largest absolute Gasteiger partial charge is 0.478 e. The minimum Gasteiger partial charge on any atom is -0.478 e. The Labute approximate surface area is 156 Å². The lowest BCUT2D eigenvalue weighted by Gasteiger charge is -2.10. The Morgan fingerprint density at radius 3 is 2.37 bits per heavy atom. The van der Waals surface area contributed by atoms with Crippen molar-refractivity contribution in [2.75, 3.05) is 5.32 Å². The Hall–Kier alpha value is -3.42. The van der Waals surface area contributed by atoms with Crippen LogP contribution in [-0.2, 0) is 0 Å². The third kappa shape index (κ3) is 3.46. The van der Waals surface area contributed by atoms with Crippen LogP contribution in [0.3, 0.4) is 0 Å². The first-order valence-corrected chi connectivity index (χ1v) is 8.53. The third-order valence-electron chi connectivity index (χ3n) is 4.37. The number of aromatic nitrogens is 4. The van der Waals surface area contributed by atoms with Gasteiger partial charge in [-0.05, 0) is 45.9 Å². The molecule has 0 aliphatic rings. The van der Waals surface area contributed by atoms with Gasteiger partial charge < -0.3 is 10.4 Å². The first-order valence-electron chi connectivity index (χ1n) is 8.53. The fourth-order valence-electron chi connectivity index (χ4n) is 2.96. The first kappa shape index (κ1) is 18.4. The molecule has 1 aromatic carbocycles. The van der Waals surface area contributed by atoms with E-state index in [0.29, 0.717) is 22.6 Å². The molecule has 0 unspecified atom stereocenters. The number of carbonyl (C=O) groups is 2. The van der Waals surface area contributed by atoms with Gasteiger partial charge >= 0.3 is 5.97 Å². The number of rotatable bonds is 5. The normalized spacial score (nSPS) is 11.0. The van der Waals surface area contributed by atoms with Crippen LogP contribution in [0.4, 0.5) is 5.69 Å². The molecule has 1 amide bonds. The zero-order valence-corrected chi connectivity index (χ0v) is 15.6. The molecule has 3 aromatic rings. The van der Waals surface area contributed by atoms with E-state index >= 15 is 0 Å². The van der Waals surface area contributed by atoms with Crippen molar-refractivity contribution in [3.63, 3.8) is 0 Å². The van der Waals surface area contributed by atoms with Crippen LogP contribution >= 0.6 is 0 Å². The molecule has 3 rings (SSSR count). The van der Waals surface area contributed by atoms with Crippen molar-refractivity contribution in [2.45, 2.75) is 33.7 Å². The van der Waals surface area contributed by atoms with E-state index in [0.717, 1.165) is 5.69 Å². The molecule has 2 heterocycles. The monoisotopic (exact) mass is 367 g/mol.